The average Bonchev–Trinajstić information content (AvgIpc) is 3.58. The molecule has 0 unspecified atom stereocenters. The number of esters is 1. The van der Waals surface area contributed by atoms with E-state index in [0.29, 0.717) is 6.42 Å². The van der Waals surface area contributed by atoms with Crippen LogP contribution in [0.5, 0.6) is 0 Å². The van der Waals surface area contributed by atoms with Crippen LogP contribution in [0.4, 0.5) is 0 Å². The molecule has 1 amide bonds. The molecule has 324 valence electrons. The molecule has 4 heterocycles. The molecule has 3 fully saturated rings. The summed E-state index contributed by atoms with van der Waals surface area (Å²) < 4.78 is 24.3. The Kier molecular flexibility index (Phi) is 18.1. The molecule has 1 aromatic heterocycles. The summed E-state index contributed by atoms with van der Waals surface area (Å²) in [5, 5.41) is 54.1. The molecule has 4 rings (SSSR count). The number of nitrogens with two attached hydrogens (primary N) is 1. The van der Waals surface area contributed by atoms with Crippen LogP contribution in [0.2, 0.25) is 0 Å². The molecule has 12 atom stereocenters. The molecule has 57 heavy (non-hydrogen) atoms. The highest BCUT2D eigenvalue weighted by molar-refractivity contribution is 5.88. The molecule has 3 aliphatic heterocycles. The summed E-state index contributed by atoms with van der Waals surface area (Å²) in [7, 11) is 2.63. The van der Waals surface area contributed by atoms with Crippen molar-refractivity contribution in [2.75, 3.05) is 27.2 Å². The number of carboxylic acids is 1. The molecular formula is C38H63N5O14. The second kappa shape index (κ2) is 22.2. The fourth-order valence-corrected chi connectivity index (χ4v) is 7.94. The number of aromatic amines is 1. The number of nitrogens with one attached hydrogen (secondary N) is 1. The van der Waals surface area contributed by atoms with Gasteiger partial charge >= 0.3 is 17.6 Å². The summed E-state index contributed by atoms with van der Waals surface area (Å²) in [6, 6.07) is -2.21. The third kappa shape index (κ3) is 11.9. The monoisotopic (exact) mass is 813 g/mol. The molecule has 8 N–H and O–H groups in total. The van der Waals surface area contributed by atoms with E-state index in [-0.39, 0.29) is 19.5 Å². The first-order valence-electron chi connectivity index (χ1n) is 20.3. The maximum absolute atomic E-state index is 14.3. The molecule has 0 aliphatic carbocycles. The van der Waals surface area contributed by atoms with Gasteiger partial charge in [0.15, 0.2) is 18.6 Å². The van der Waals surface area contributed by atoms with Gasteiger partial charge in [0, 0.05) is 38.8 Å². The van der Waals surface area contributed by atoms with E-state index in [1.807, 2.05) is 4.98 Å². The lowest BCUT2D eigenvalue weighted by molar-refractivity contribution is -0.233. The molecule has 1 aromatic rings. The van der Waals surface area contributed by atoms with Gasteiger partial charge in [-0.3, -0.25) is 28.8 Å². The number of rotatable bonds is 22. The number of aliphatic carboxylic acids is 1. The van der Waals surface area contributed by atoms with Crippen LogP contribution < -0.4 is 17.0 Å². The number of hydrogen-bond acceptors (Lipinski definition) is 15. The first kappa shape index (κ1) is 46.4. The van der Waals surface area contributed by atoms with Crippen LogP contribution in [0.3, 0.4) is 0 Å². The normalized spacial score (nSPS) is 31.4. The Bertz CT molecular complexity index is 1560. The Morgan fingerprint density at radius 3 is 2.02 bits per heavy atom. The summed E-state index contributed by atoms with van der Waals surface area (Å²) >= 11 is 0. The van der Waals surface area contributed by atoms with Crippen LogP contribution in [-0.4, -0.2) is 157 Å². The number of hydrogen-bond donors (Lipinski definition) is 7. The number of likely N-dealkylation sites (N-methyl/N-ethyl adjacent to an activating group) is 2. The molecule has 3 saturated heterocycles. The van der Waals surface area contributed by atoms with Crippen molar-refractivity contribution in [3.05, 3.63) is 33.1 Å². The van der Waals surface area contributed by atoms with Crippen molar-refractivity contribution in [2.24, 2.45) is 5.73 Å². The van der Waals surface area contributed by atoms with E-state index in [4.69, 9.17) is 24.7 Å². The summed E-state index contributed by atoms with van der Waals surface area (Å²) in [6.07, 6.45) is -0.270. The fourth-order valence-electron chi connectivity index (χ4n) is 7.94. The van der Waals surface area contributed by atoms with Crippen LogP contribution in [-0.2, 0) is 33.3 Å². The Labute approximate surface area is 332 Å². The van der Waals surface area contributed by atoms with Gasteiger partial charge in [-0.2, -0.15) is 0 Å². The van der Waals surface area contributed by atoms with E-state index in [9.17, 15) is 49.5 Å². The van der Waals surface area contributed by atoms with Crippen molar-refractivity contribution in [1.82, 2.24) is 19.4 Å². The van der Waals surface area contributed by atoms with Crippen LogP contribution in [0.15, 0.2) is 21.9 Å². The fraction of sp³-hybridized carbons (Fsp3) is 0.816. The predicted molar refractivity (Wildman–Crippen MR) is 203 cm³/mol. The topological polar surface area (TPSA) is 277 Å². The first-order valence-corrected chi connectivity index (χ1v) is 20.3. The van der Waals surface area contributed by atoms with Gasteiger partial charge < -0.3 is 55.1 Å². The molecule has 19 heteroatoms. The molecule has 0 bridgehead atoms. The van der Waals surface area contributed by atoms with Crippen LogP contribution in [0.1, 0.15) is 103 Å². The SMILES string of the molecule is CCCCCCCCCCCCCCCC(=O)O[C@H]1CN(C)[C@@H]([C@H](O[C@@H]2O[C@H](CN)[C@@H](O)[C@H]2O)[C@H]2O[C@@H](n3ccc(=O)[nH]c3=O)[C@H](O)[C@@H]2O)C(=O)N(C)[C@@H]1C(=O)O. The van der Waals surface area contributed by atoms with Gasteiger partial charge in [0.25, 0.3) is 5.56 Å². The van der Waals surface area contributed by atoms with Gasteiger partial charge in [0.05, 0.1) is 0 Å². The van der Waals surface area contributed by atoms with E-state index in [1.54, 1.807) is 0 Å². The standard InChI is InChI=1S/C38H63N5O14/c1-4-5-6-7-8-9-10-11-12-13-14-15-16-17-25(45)54-23-21-41(2)27(34(50)42(3)26(23)36(51)52)32(57-37-31(49)28(46)22(20-39)55-37)33-29(47)30(48)35(56-33)43-19-18-24(44)40-38(43)53/h18-19,22-23,26-33,35,37,46-49H,4-17,20-21,39H2,1-3H3,(H,51,52)(H,40,44,53)/t22-,23+,26+,27+,28-,29+,30-,31-,32+,33+,35-,37+/m1/s1. The smallest absolute Gasteiger partial charge is 0.330 e. The maximum Gasteiger partial charge on any atom is 0.330 e. The molecule has 0 saturated carbocycles. The van der Waals surface area contributed by atoms with Gasteiger partial charge in [-0.05, 0) is 13.5 Å². The summed E-state index contributed by atoms with van der Waals surface area (Å²) in [5.74, 6) is -2.97. The number of H-pyrrole nitrogens is 1. The third-order valence-electron chi connectivity index (χ3n) is 11.2. The van der Waals surface area contributed by atoms with Gasteiger partial charge in [-0.15, -0.1) is 0 Å². The van der Waals surface area contributed by atoms with E-state index in [2.05, 4.69) is 6.92 Å². The molecular weight excluding hydrogens is 750 g/mol. The highest BCUT2D eigenvalue weighted by Crippen LogP contribution is 2.36. The van der Waals surface area contributed by atoms with Crippen molar-refractivity contribution in [1.29, 1.82) is 0 Å². The summed E-state index contributed by atoms with van der Waals surface area (Å²) in [6.45, 7) is 1.67. The van der Waals surface area contributed by atoms with Gasteiger partial charge in [-0.1, -0.05) is 84.0 Å². The van der Waals surface area contributed by atoms with Crippen LogP contribution in [0.25, 0.3) is 0 Å². The Morgan fingerprint density at radius 1 is 0.877 bits per heavy atom. The average molecular weight is 814 g/mol. The quantitative estimate of drug-likeness (QED) is 0.0578. The first-order chi connectivity index (χ1) is 27.2. The van der Waals surface area contributed by atoms with Crippen molar-refractivity contribution in [2.45, 2.75) is 170 Å². The van der Waals surface area contributed by atoms with Crippen molar-refractivity contribution >= 4 is 17.8 Å². The number of ether oxygens (including phenoxy) is 4. The Hall–Kier alpha value is -3.27. The number of aliphatic hydroxyl groups is 4. The lowest BCUT2D eigenvalue weighted by Gasteiger charge is -2.38. The zero-order chi connectivity index (χ0) is 41.8. The zero-order valence-electron chi connectivity index (χ0n) is 33.2. The highest BCUT2D eigenvalue weighted by atomic mass is 16.7. The van der Waals surface area contributed by atoms with Gasteiger partial charge in [0.1, 0.15) is 54.9 Å². The molecule has 0 radical (unpaired) electrons. The largest absolute Gasteiger partial charge is 0.480 e. The minimum Gasteiger partial charge on any atom is -0.480 e. The maximum atomic E-state index is 14.3. The van der Waals surface area contributed by atoms with E-state index < -0.39 is 103 Å². The number of aliphatic hydroxyl groups excluding tert-OH is 4. The van der Waals surface area contributed by atoms with Crippen LogP contribution >= 0.6 is 0 Å². The summed E-state index contributed by atoms with van der Waals surface area (Å²) in [4.78, 5) is 68.7. The Morgan fingerprint density at radius 2 is 1.47 bits per heavy atom. The van der Waals surface area contributed by atoms with Gasteiger partial charge in [-0.25, -0.2) is 9.59 Å². The van der Waals surface area contributed by atoms with Crippen LogP contribution in [0, 0.1) is 0 Å². The minimum absolute atomic E-state index is 0.0458. The number of carbonyl (C=O) groups is 3. The minimum atomic E-state index is -1.87. The number of aromatic nitrogens is 2. The van der Waals surface area contributed by atoms with Crippen molar-refractivity contribution < 1.29 is 58.9 Å². The second-order valence-electron chi connectivity index (χ2n) is 15.5. The number of unbranched alkanes of at least 4 members (excludes halogenated alkanes) is 12. The molecule has 0 spiro atoms. The van der Waals surface area contributed by atoms with Crippen molar-refractivity contribution in [3.8, 4) is 0 Å². The number of amides is 1. The highest BCUT2D eigenvalue weighted by Gasteiger charge is 2.57. The lowest BCUT2D eigenvalue weighted by Crippen LogP contribution is -2.59. The number of nitrogens with zero attached hydrogens (tertiary/aromatic N) is 3. The van der Waals surface area contributed by atoms with E-state index >= 15 is 0 Å². The molecule has 3 aliphatic rings. The summed E-state index contributed by atoms with van der Waals surface area (Å²) in [5.41, 5.74) is 3.98. The van der Waals surface area contributed by atoms with E-state index in [1.165, 1.54) is 70.4 Å². The predicted octanol–water partition coefficient (Wildman–Crippen LogP) is -0.435. The van der Waals surface area contributed by atoms with Gasteiger partial charge in [0.2, 0.25) is 5.91 Å². The molecule has 0 aromatic carbocycles. The number of carboxylic acid groups (broad SMARTS) is 1. The lowest BCUT2D eigenvalue weighted by atomic mass is 9.97. The molecule has 19 nitrogen and oxygen atoms in total. The van der Waals surface area contributed by atoms with Crippen molar-refractivity contribution in [3.63, 3.8) is 0 Å². The third-order valence-corrected chi connectivity index (χ3v) is 11.2. The van der Waals surface area contributed by atoms with E-state index in [0.717, 1.165) is 47.4 Å². The second-order valence-corrected chi connectivity index (χ2v) is 15.5. The zero-order valence-corrected chi connectivity index (χ0v) is 33.2. The Balaban J connectivity index is 1.46. The number of carbonyl (C=O) groups excluding carboxylic acids is 2.